The molecule has 2 aromatic carbocycles. The van der Waals surface area contributed by atoms with Crippen LogP contribution >= 0.6 is 0 Å². The van der Waals surface area contributed by atoms with Gasteiger partial charge in [-0.25, -0.2) is 22.5 Å². The van der Waals surface area contributed by atoms with Gasteiger partial charge >= 0.3 is 0 Å². The Bertz CT molecular complexity index is 1420. The van der Waals surface area contributed by atoms with Gasteiger partial charge in [-0.05, 0) is 73.4 Å². The van der Waals surface area contributed by atoms with Gasteiger partial charge in [0.05, 0.1) is 17.1 Å². The van der Waals surface area contributed by atoms with Crippen molar-refractivity contribution in [1.82, 2.24) is 15.0 Å². The number of Topliss-reactive ketones (excluding diaryl/α,β-unsaturated/α-hetero) is 1. The summed E-state index contributed by atoms with van der Waals surface area (Å²) in [7, 11) is -3.65. The third kappa shape index (κ3) is 5.47. The van der Waals surface area contributed by atoms with Crippen molar-refractivity contribution in [3.05, 3.63) is 95.1 Å². The zero-order valence-corrected chi connectivity index (χ0v) is 21.2. The second-order valence-electron chi connectivity index (χ2n) is 10.2. The van der Waals surface area contributed by atoms with E-state index >= 15 is 0 Å². The number of halogens is 1. The van der Waals surface area contributed by atoms with E-state index in [1.165, 1.54) is 6.07 Å². The van der Waals surface area contributed by atoms with Gasteiger partial charge in [0.25, 0.3) is 5.91 Å². The second kappa shape index (κ2) is 9.79. The number of sulfonamides is 1. The van der Waals surface area contributed by atoms with E-state index in [2.05, 4.69) is 15.0 Å². The van der Waals surface area contributed by atoms with E-state index in [1.54, 1.807) is 25.1 Å². The lowest BCUT2D eigenvalue weighted by atomic mass is 9.50. The van der Waals surface area contributed by atoms with Crippen LogP contribution in [0.25, 0.3) is 0 Å². The molecule has 192 valence electrons. The van der Waals surface area contributed by atoms with Gasteiger partial charge in [-0.2, -0.15) is 0 Å². The third-order valence-electron chi connectivity index (χ3n) is 7.23. The highest BCUT2D eigenvalue weighted by molar-refractivity contribution is 7.89. The van der Waals surface area contributed by atoms with Crippen molar-refractivity contribution < 1.29 is 22.4 Å². The molecule has 0 aliphatic heterocycles. The molecule has 0 radical (unpaired) electrons. The predicted molar refractivity (Wildman–Crippen MR) is 136 cm³/mol. The zero-order valence-electron chi connectivity index (χ0n) is 20.4. The van der Waals surface area contributed by atoms with Gasteiger partial charge < -0.3 is 5.32 Å². The summed E-state index contributed by atoms with van der Waals surface area (Å²) in [6, 6.07) is 15.7. The van der Waals surface area contributed by atoms with Crippen molar-refractivity contribution in [1.29, 1.82) is 0 Å². The maximum Gasteiger partial charge on any atom is 0.270 e. The highest BCUT2D eigenvalue weighted by atomic mass is 32.2. The monoisotopic (exact) mass is 521 g/mol. The Morgan fingerprint density at radius 1 is 1.05 bits per heavy atom. The molecule has 3 aliphatic carbocycles. The standard InChI is InChI=1S/C28H28FN3O4S/c1-18-11-20(7-10-26(18)37(35,36)32-28-14-21(15-28)16-28)13-25(33)24(12-19-5-3-2-4-6-19)31-27(34)23-9-8-22(29)17-30-23/h2-11,17,21,24,32H,12-16H2,1H3,(H,31,34)/t21?,24-,28?/m0/s1. The molecule has 1 aromatic heterocycles. The maximum absolute atomic E-state index is 13.3. The van der Waals surface area contributed by atoms with Crippen LogP contribution in [0.1, 0.15) is 46.4 Å². The molecule has 3 saturated carbocycles. The number of hydrogen-bond donors (Lipinski definition) is 2. The van der Waals surface area contributed by atoms with Crippen molar-refractivity contribution in [2.24, 2.45) is 5.92 Å². The van der Waals surface area contributed by atoms with E-state index < -0.39 is 27.8 Å². The van der Waals surface area contributed by atoms with Crippen molar-refractivity contribution in [2.45, 2.75) is 55.5 Å². The summed E-state index contributed by atoms with van der Waals surface area (Å²) in [5, 5.41) is 2.74. The minimum atomic E-state index is -3.65. The summed E-state index contributed by atoms with van der Waals surface area (Å²) in [4.78, 5) is 30.1. The molecule has 3 fully saturated rings. The van der Waals surface area contributed by atoms with Crippen LogP contribution in [0.4, 0.5) is 4.39 Å². The minimum Gasteiger partial charge on any atom is -0.341 e. The van der Waals surface area contributed by atoms with Crippen LogP contribution in [-0.4, -0.2) is 36.7 Å². The smallest absolute Gasteiger partial charge is 0.270 e. The van der Waals surface area contributed by atoms with E-state index in [1.807, 2.05) is 30.3 Å². The topological polar surface area (TPSA) is 105 Å². The molecule has 37 heavy (non-hydrogen) atoms. The number of benzene rings is 2. The lowest BCUT2D eigenvalue weighted by Crippen LogP contribution is -2.67. The summed E-state index contributed by atoms with van der Waals surface area (Å²) in [6.07, 6.45) is 3.93. The Morgan fingerprint density at radius 2 is 1.78 bits per heavy atom. The lowest BCUT2D eigenvalue weighted by molar-refractivity contribution is -0.120. The number of rotatable bonds is 10. The molecular weight excluding hydrogens is 493 g/mol. The SMILES string of the molecule is Cc1cc(CC(=O)[C@H](Cc2ccccc2)NC(=O)c2ccc(F)cn2)ccc1S(=O)(=O)NC12CC(C1)C2. The molecule has 0 saturated heterocycles. The molecule has 1 amide bonds. The van der Waals surface area contributed by atoms with Crippen molar-refractivity contribution in [3.63, 3.8) is 0 Å². The first kappa shape index (κ1) is 25.2. The van der Waals surface area contributed by atoms with Gasteiger partial charge in [0.2, 0.25) is 10.0 Å². The van der Waals surface area contributed by atoms with E-state index in [0.717, 1.165) is 37.1 Å². The minimum absolute atomic E-state index is 0.00822. The third-order valence-corrected chi connectivity index (χ3v) is 8.97. The predicted octanol–water partition coefficient (Wildman–Crippen LogP) is 3.51. The number of carbonyl (C=O) groups excluding carboxylic acids is 2. The van der Waals surface area contributed by atoms with E-state index in [9.17, 15) is 22.4 Å². The fourth-order valence-corrected chi connectivity index (χ4v) is 6.89. The van der Waals surface area contributed by atoms with Gasteiger partial charge in [-0.15, -0.1) is 0 Å². The van der Waals surface area contributed by atoms with E-state index in [-0.39, 0.29) is 34.8 Å². The van der Waals surface area contributed by atoms with Crippen LogP contribution in [0.5, 0.6) is 0 Å². The van der Waals surface area contributed by atoms with Gasteiger partial charge in [-0.3, -0.25) is 9.59 Å². The highest BCUT2D eigenvalue weighted by Gasteiger charge is 2.58. The average molecular weight is 522 g/mol. The first-order valence-corrected chi connectivity index (χ1v) is 13.7. The molecule has 1 atom stereocenters. The Balaban J connectivity index is 1.31. The Hall–Kier alpha value is -3.43. The molecule has 0 spiro atoms. The fourth-order valence-electron chi connectivity index (χ4n) is 5.23. The van der Waals surface area contributed by atoms with Crippen LogP contribution in [-0.2, 0) is 27.7 Å². The van der Waals surface area contributed by atoms with Gasteiger partial charge in [0, 0.05) is 12.0 Å². The molecule has 3 aliphatic rings. The van der Waals surface area contributed by atoms with E-state index in [4.69, 9.17) is 0 Å². The Labute approximate surface area is 215 Å². The Kier molecular flexibility index (Phi) is 6.68. The average Bonchev–Trinajstić information content (AvgIpc) is 2.81. The number of hydrogen-bond acceptors (Lipinski definition) is 5. The summed E-state index contributed by atoms with van der Waals surface area (Å²) in [5.74, 6) is -0.720. The van der Waals surface area contributed by atoms with Crippen molar-refractivity contribution in [3.8, 4) is 0 Å². The Morgan fingerprint density at radius 3 is 2.38 bits per heavy atom. The normalized spacial score (nSPS) is 20.9. The highest BCUT2D eigenvalue weighted by Crippen LogP contribution is 2.57. The maximum atomic E-state index is 13.3. The quantitative estimate of drug-likeness (QED) is 0.425. The molecule has 2 bridgehead atoms. The van der Waals surface area contributed by atoms with Crippen molar-refractivity contribution >= 4 is 21.7 Å². The molecule has 2 N–H and O–H groups in total. The van der Waals surface area contributed by atoms with Crippen LogP contribution in [0, 0.1) is 18.7 Å². The molecule has 3 aromatic rings. The lowest BCUT2D eigenvalue weighted by Gasteiger charge is -2.61. The number of pyridine rings is 1. The number of carbonyl (C=O) groups is 2. The summed E-state index contributed by atoms with van der Waals surface area (Å²) in [6.45, 7) is 1.72. The van der Waals surface area contributed by atoms with Gasteiger partial charge in [-0.1, -0.05) is 42.5 Å². The first-order valence-electron chi connectivity index (χ1n) is 12.3. The molecule has 7 nitrogen and oxygen atoms in total. The molecule has 9 heteroatoms. The molecular formula is C28H28FN3O4S. The number of ketones is 1. The largest absolute Gasteiger partial charge is 0.341 e. The van der Waals surface area contributed by atoms with Crippen LogP contribution in [0.15, 0.2) is 71.8 Å². The summed E-state index contributed by atoms with van der Waals surface area (Å²) < 4.78 is 42.0. The fraction of sp³-hybridized carbons (Fsp3) is 0.321. The van der Waals surface area contributed by atoms with E-state index in [0.29, 0.717) is 17.0 Å². The number of aromatic nitrogens is 1. The number of nitrogens with one attached hydrogen (secondary N) is 2. The first-order chi connectivity index (χ1) is 17.6. The molecule has 1 heterocycles. The number of nitrogens with zero attached hydrogens (tertiary/aromatic N) is 1. The van der Waals surface area contributed by atoms with Crippen LogP contribution in [0.2, 0.25) is 0 Å². The number of amides is 1. The van der Waals surface area contributed by atoms with Crippen LogP contribution in [0.3, 0.4) is 0 Å². The molecule has 0 unspecified atom stereocenters. The summed E-state index contributed by atoms with van der Waals surface area (Å²) >= 11 is 0. The second-order valence-corrected chi connectivity index (χ2v) is 11.8. The van der Waals surface area contributed by atoms with Crippen LogP contribution < -0.4 is 10.0 Å². The summed E-state index contributed by atoms with van der Waals surface area (Å²) in [5.41, 5.74) is 1.81. The zero-order chi connectivity index (χ0) is 26.2. The van der Waals surface area contributed by atoms with Gasteiger partial charge in [0.1, 0.15) is 11.5 Å². The molecule has 6 rings (SSSR count). The van der Waals surface area contributed by atoms with Crippen molar-refractivity contribution in [2.75, 3.05) is 0 Å². The number of aryl methyl sites for hydroxylation is 1. The van der Waals surface area contributed by atoms with Gasteiger partial charge in [0.15, 0.2) is 5.78 Å².